The zero-order valence-electron chi connectivity index (χ0n) is 11.0. The number of hydrogen-bond acceptors (Lipinski definition) is 4. The Balaban J connectivity index is 2.30. The van der Waals surface area contributed by atoms with Gasteiger partial charge in [-0.3, -0.25) is 9.59 Å². The van der Waals surface area contributed by atoms with Crippen LogP contribution in [0.25, 0.3) is 0 Å². The Labute approximate surface area is 121 Å². The number of thiophene rings is 1. The molecule has 110 valence electrons. The van der Waals surface area contributed by atoms with E-state index in [1.807, 2.05) is 17.5 Å². The lowest BCUT2D eigenvalue weighted by Crippen LogP contribution is -2.41. The van der Waals surface area contributed by atoms with Crippen molar-refractivity contribution in [2.24, 2.45) is 5.73 Å². The van der Waals surface area contributed by atoms with Crippen LogP contribution in [0.4, 0.5) is 0 Å². The molecule has 20 heavy (non-hydrogen) atoms. The highest BCUT2D eigenvalue weighted by Crippen LogP contribution is 2.12. The average molecular weight is 298 g/mol. The van der Waals surface area contributed by atoms with E-state index in [0.29, 0.717) is 6.42 Å². The number of carboxylic acids is 1. The molecule has 0 bridgehead atoms. The van der Waals surface area contributed by atoms with Gasteiger partial charge in [-0.2, -0.15) is 0 Å². The van der Waals surface area contributed by atoms with Gasteiger partial charge in [0, 0.05) is 17.7 Å². The first-order chi connectivity index (χ1) is 9.49. The number of carbonyl (C=O) groups is 3. The zero-order chi connectivity index (χ0) is 15.0. The molecule has 6 nitrogen and oxygen atoms in total. The van der Waals surface area contributed by atoms with E-state index in [1.54, 1.807) is 11.3 Å². The normalized spacial score (nSPS) is 11.8. The second-order valence-corrected chi connectivity index (χ2v) is 5.43. The lowest BCUT2D eigenvalue weighted by Gasteiger charge is -2.13. The molecule has 0 aliphatic carbocycles. The summed E-state index contributed by atoms with van der Waals surface area (Å²) in [6.45, 7) is 0. The monoisotopic (exact) mass is 298 g/mol. The fourth-order valence-electron chi connectivity index (χ4n) is 1.69. The summed E-state index contributed by atoms with van der Waals surface area (Å²) in [7, 11) is 0. The van der Waals surface area contributed by atoms with Crippen LogP contribution in [-0.4, -0.2) is 28.9 Å². The maximum absolute atomic E-state index is 11.6. The number of carboxylic acid groups (broad SMARTS) is 1. The molecule has 1 rings (SSSR count). The molecule has 1 atom stereocenters. The second-order valence-electron chi connectivity index (χ2n) is 4.40. The van der Waals surface area contributed by atoms with Gasteiger partial charge in [0.2, 0.25) is 11.8 Å². The maximum atomic E-state index is 11.6. The minimum atomic E-state index is -1.15. The number of rotatable bonds is 9. The standard InChI is InChI=1S/C13H18N2O4S/c14-11(16)7-6-10(13(18)19)15-12(17)5-1-3-9-4-2-8-20-9/h2,4,8,10H,1,3,5-7H2,(H2,14,16)(H,15,17)(H,18,19)/t10-/m1/s1. The molecule has 0 fully saturated rings. The third kappa shape index (κ3) is 6.33. The quantitative estimate of drug-likeness (QED) is 0.629. The molecule has 0 aromatic carbocycles. The van der Waals surface area contributed by atoms with Gasteiger partial charge in [-0.25, -0.2) is 4.79 Å². The second kappa shape index (κ2) is 8.31. The molecule has 2 amide bonds. The Hall–Kier alpha value is -1.89. The fraction of sp³-hybridized carbons (Fsp3) is 0.462. The first-order valence-electron chi connectivity index (χ1n) is 6.32. The summed E-state index contributed by atoms with van der Waals surface area (Å²) in [5.41, 5.74) is 4.96. The van der Waals surface area contributed by atoms with Crippen molar-refractivity contribution in [3.63, 3.8) is 0 Å². The Bertz CT molecular complexity index is 459. The lowest BCUT2D eigenvalue weighted by atomic mass is 10.1. The summed E-state index contributed by atoms with van der Waals surface area (Å²) >= 11 is 1.63. The predicted octanol–water partition coefficient (Wildman–Crippen LogP) is 0.906. The van der Waals surface area contributed by atoms with E-state index in [1.165, 1.54) is 4.88 Å². The van der Waals surface area contributed by atoms with Crippen molar-refractivity contribution in [1.29, 1.82) is 0 Å². The van der Waals surface area contributed by atoms with Crippen LogP contribution in [0.3, 0.4) is 0 Å². The van der Waals surface area contributed by atoms with Gasteiger partial charge in [0.1, 0.15) is 6.04 Å². The van der Waals surface area contributed by atoms with Gasteiger partial charge in [-0.15, -0.1) is 11.3 Å². The Kier molecular flexibility index (Phi) is 6.72. The first-order valence-corrected chi connectivity index (χ1v) is 7.20. The van der Waals surface area contributed by atoms with Crippen LogP contribution in [-0.2, 0) is 20.8 Å². The number of aryl methyl sites for hydroxylation is 1. The molecule has 1 heterocycles. The van der Waals surface area contributed by atoms with E-state index in [0.717, 1.165) is 6.42 Å². The summed E-state index contributed by atoms with van der Waals surface area (Å²) in [5.74, 6) is -2.06. The van der Waals surface area contributed by atoms with Crippen LogP contribution in [0, 0.1) is 0 Å². The Morgan fingerprint density at radius 2 is 2.10 bits per heavy atom. The maximum Gasteiger partial charge on any atom is 0.326 e. The van der Waals surface area contributed by atoms with Crippen molar-refractivity contribution in [3.8, 4) is 0 Å². The van der Waals surface area contributed by atoms with Gasteiger partial charge in [-0.05, 0) is 30.7 Å². The summed E-state index contributed by atoms with van der Waals surface area (Å²) in [5, 5.41) is 13.3. The Morgan fingerprint density at radius 1 is 1.35 bits per heavy atom. The third-order valence-electron chi connectivity index (χ3n) is 2.72. The summed E-state index contributed by atoms with van der Waals surface area (Å²) in [6, 6.07) is 2.89. The third-order valence-corrected chi connectivity index (χ3v) is 3.66. The first kappa shape index (κ1) is 16.2. The van der Waals surface area contributed by atoms with E-state index >= 15 is 0 Å². The molecular weight excluding hydrogens is 280 g/mol. The van der Waals surface area contributed by atoms with Crippen molar-refractivity contribution >= 4 is 29.1 Å². The van der Waals surface area contributed by atoms with Crippen molar-refractivity contribution < 1.29 is 19.5 Å². The van der Waals surface area contributed by atoms with Crippen LogP contribution in [0.15, 0.2) is 17.5 Å². The van der Waals surface area contributed by atoms with Crippen molar-refractivity contribution in [2.75, 3.05) is 0 Å². The largest absolute Gasteiger partial charge is 0.480 e. The Morgan fingerprint density at radius 3 is 2.65 bits per heavy atom. The lowest BCUT2D eigenvalue weighted by molar-refractivity contribution is -0.142. The number of nitrogens with two attached hydrogens (primary N) is 1. The molecule has 0 aliphatic rings. The molecule has 0 spiro atoms. The van der Waals surface area contributed by atoms with Crippen LogP contribution in [0.1, 0.15) is 30.6 Å². The van der Waals surface area contributed by atoms with Gasteiger partial charge < -0.3 is 16.2 Å². The summed E-state index contributed by atoms with van der Waals surface area (Å²) in [4.78, 5) is 34.4. The van der Waals surface area contributed by atoms with Gasteiger partial charge >= 0.3 is 5.97 Å². The molecule has 0 aliphatic heterocycles. The smallest absolute Gasteiger partial charge is 0.326 e. The molecule has 4 N–H and O–H groups in total. The topological polar surface area (TPSA) is 109 Å². The highest BCUT2D eigenvalue weighted by Gasteiger charge is 2.20. The van der Waals surface area contributed by atoms with Crippen LogP contribution in [0.2, 0.25) is 0 Å². The molecule has 0 saturated heterocycles. The minimum absolute atomic E-state index is 0.0152. The number of nitrogens with one attached hydrogen (secondary N) is 1. The van der Waals surface area contributed by atoms with E-state index < -0.39 is 17.9 Å². The minimum Gasteiger partial charge on any atom is -0.480 e. The molecule has 0 saturated carbocycles. The SMILES string of the molecule is NC(=O)CC[C@@H](NC(=O)CCCc1cccs1)C(=O)O. The van der Waals surface area contributed by atoms with E-state index in [-0.39, 0.29) is 25.2 Å². The fourth-order valence-corrected chi connectivity index (χ4v) is 2.44. The zero-order valence-corrected chi connectivity index (χ0v) is 11.8. The molecule has 7 heteroatoms. The summed E-state index contributed by atoms with van der Waals surface area (Å²) < 4.78 is 0. The molecule has 1 aromatic rings. The van der Waals surface area contributed by atoms with Crippen LogP contribution < -0.4 is 11.1 Å². The van der Waals surface area contributed by atoms with Crippen LogP contribution in [0.5, 0.6) is 0 Å². The number of primary amides is 1. The van der Waals surface area contributed by atoms with Gasteiger partial charge in [-0.1, -0.05) is 6.07 Å². The molecule has 0 unspecified atom stereocenters. The number of aliphatic carboxylic acids is 1. The van der Waals surface area contributed by atoms with E-state index in [2.05, 4.69) is 5.32 Å². The number of hydrogen-bond donors (Lipinski definition) is 3. The molecular formula is C13H18N2O4S. The van der Waals surface area contributed by atoms with Crippen LogP contribution >= 0.6 is 11.3 Å². The predicted molar refractivity (Wildman–Crippen MR) is 75.3 cm³/mol. The van der Waals surface area contributed by atoms with Crippen molar-refractivity contribution in [3.05, 3.63) is 22.4 Å². The van der Waals surface area contributed by atoms with E-state index in [4.69, 9.17) is 10.8 Å². The highest BCUT2D eigenvalue weighted by atomic mass is 32.1. The highest BCUT2D eigenvalue weighted by molar-refractivity contribution is 7.09. The summed E-state index contributed by atoms with van der Waals surface area (Å²) in [6.07, 6.45) is 1.67. The average Bonchev–Trinajstić information content (AvgIpc) is 2.87. The van der Waals surface area contributed by atoms with Crippen molar-refractivity contribution in [2.45, 2.75) is 38.1 Å². The van der Waals surface area contributed by atoms with Gasteiger partial charge in [0.25, 0.3) is 0 Å². The number of amides is 2. The van der Waals surface area contributed by atoms with Gasteiger partial charge in [0.15, 0.2) is 0 Å². The van der Waals surface area contributed by atoms with Gasteiger partial charge in [0.05, 0.1) is 0 Å². The van der Waals surface area contributed by atoms with Crippen molar-refractivity contribution in [1.82, 2.24) is 5.32 Å². The molecule has 1 aromatic heterocycles. The molecule has 0 radical (unpaired) electrons. The number of carbonyl (C=O) groups excluding carboxylic acids is 2. The van der Waals surface area contributed by atoms with E-state index in [9.17, 15) is 14.4 Å².